The first-order valence-electron chi connectivity index (χ1n) is 13.3. The smallest absolute Gasteiger partial charge is 0.301 e. The molecule has 0 saturated carbocycles. The number of rotatable bonds is 10. The lowest BCUT2D eigenvalue weighted by Crippen LogP contribution is -2.29. The second-order valence-corrected chi connectivity index (χ2v) is 11.4. The summed E-state index contributed by atoms with van der Waals surface area (Å²) in [4.78, 5) is 33.2. The summed E-state index contributed by atoms with van der Waals surface area (Å²) in [5.74, 6) is -0.883. The van der Waals surface area contributed by atoms with E-state index in [0.29, 0.717) is 56.5 Å². The molecule has 0 radical (unpaired) electrons. The van der Waals surface area contributed by atoms with Crippen LogP contribution in [-0.2, 0) is 9.59 Å². The fourth-order valence-electron chi connectivity index (χ4n) is 4.71. The fraction of sp³-hybridized carbons (Fsp3) is 0.258. The van der Waals surface area contributed by atoms with E-state index in [1.807, 2.05) is 6.92 Å². The Hall–Kier alpha value is -3.59. The molecule has 0 bridgehead atoms. The largest absolute Gasteiger partial charge is 0.507 e. The van der Waals surface area contributed by atoms with Crippen LogP contribution in [0.4, 0.5) is 5.13 Å². The fourth-order valence-corrected chi connectivity index (χ4v) is 6.11. The molecule has 1 unspecified atom stereocenters. The van der Waals surface area contributed by atoms with Gasteiger partial charge in [-0.2, -0.15) is 0 Å². The van der Waals surface area contributed by atoms with Gasteiger partial charge in [0.2, 0.25) is 0 Å². The van der Waals surface area contributed by atoms with E-state index in [1.54, 1.807) is 60.7 Å². The molecular weight excluding hydrogens is 583 g/mol. The molecule has 1 saturated heterocycles. The molecule has 212 valence electrons. The number of nitrogens with zero attached hydrogens (tertiary/aromatic N) is 2. The van der Waals surface area contributed by atoms with Gasteiger partial charge >= 0.3 is 5.91 Å². The third kappa shape index (κ3) is 5.91. The number of fused-ring (bicyclic) bond motifs is 1. The van der Waals surface area contributed by atoms with Gasteiger partial charge in [0.1, 0.15) is 5.76 Å². The van der Waals surface area contributed by atoms with Crippen molar-refractivity contribution in [3.8, 4) is 11.5 Å². The number of benzene rings is 3. The number of ketones is 1. The summed E-state index contributed by atoms with van der Waals surface area (Å²) < 4.78 is 12.7. The highest BCUT2D eigenvalue weighted by Crippen LogP contribution is 2.46. The number of aromatic nitrogens is 1. The second kappa shape index (κ2) is 12.5. The molecule has 3 aromatic carbocycles. The quantitative estimate of drug-likeness (QED) is 0.0842. The van der Waals surface area contributed by atoms with E-state index in [0.717, 1.165) is 24.0 Å². The minimum Gasteiger partial charge on any atom is -0.507 e. The molecule has 1 N–H and O–H groups in total. The summed E-state index contributed by atoms with van der Waals surface area (Å²) in [5, 5.41) is 12.7. The highest BCUT2D eigenvalue weighted by molar-refractivity contribution is 7.22. The Morgan fingerprint density at radius 2 is 1.71 bits per heavy atom. The first-order chi connectivity index (χ1) is 19.8. The monoisotopic (exact) mass is 610 g/mol. The van der Waals surface area contributed by atoms with Crippen molar-refractivity contribution in [2.75, 3.05) is 18.1 Å². The number of Topliss-reactive ketones (excluding diaryl/α,β-unsaturated/α-hetero) is 1. The van der Waals surface area contributed by atoms with E-state index < -0.39 is 17.7 Å². The Labute approximate surface area is 251 Å². The number of aliphatic hydroxyl groups is 1. The van der Waals surface area contributed by atoms with Crippen LogP contribution < -0.4 is 14.4 Å². The molecule has 2 heterocycles. The Kier molecular flexibility index (Phi) is 8.82. The molecule has 5 rings (SSSR count). The molecule has 1 atom stereocenters. The third-order valence-electron chi connectivity index (χ3n) is 6.70. The number of hydrogen-bond acceptors (Lipinski definition) is 7. The van der Waals surface area contributed by atoms with Crippen molar-refractivity contribution in [3.63, 3.8) is 0 Å². The number of halogens is 2. The van der Waals surface area contributed by atoms with Crippen molar-refractivity contribution in [2.24, 2.45) is 0 Å². The van der Waals surface area contributed by atoms with Gasteiger partial charge in [0.15, 0.2) is 16.6 Å². The van der Waals surface area contributed by atoms with Crippen molar-refractivity contribution < 1.29 is 24.2 Å². The minimum atomic E-state index is -0.977. The van der Waals surface area contributed by atoms with Gasteiger partial charge in [-0.3, -0.25) is 14.5 Å². The number of aliphatic hydroxyl groups excluding tert-OH is 1. The number of hydrogen-bond donors (Lipinski definition) is 1. The summed E-state index contributed by atoms with van der Waals surface area (Å²) in [5.41, 5.74) is 1.49. The van der Waals surface area contributed by atoms with Gasteiger partial charge in [-0.15, -0.1) is 0 Å². The van der Waals surface area contributed by atoms with Gasteiger partial charge in [-0.1, -0.05) is 60.4 Å². The van der Waals surface area contributed by atoms with Gasteiger partial charge < -0.3 is 14.6 Å². The van der Waals surface area contributed by atoms with Crippen LogP contribution in [0.3, 0.4) is 0 Å². The van der Waals surface area contributed by atoms with Crippen molar-refractivity contribution in [1.29, 1.82) is 0 Å². The van der Waals surface area contributed by atoms with Crippen molar-refractivity contribution in [2.45, 2.75) is 39.2 Å². The zero-order chi connectivity index (χ0) is 29.1. The molecule has 7 nitrogen and oxygen atoms in total. The Morgan fingerprint density at radius 1 is 0.951 bits per heavy atom. The molecule has 0 spiro atoms. The lowest BCUT2D eigenvalue weighted by molar-refractivity contribution is -0.132. The summed E-state index contributed by atoms with van der Waals surface area (Å²) in [6.45, 7) is 4.92. The predicted octanol–water partition coefficient (Wildman–Crippen LogP) is 8.20. The Balaban J connectivity index is 1.66. The first kappa shape index (κ1) is 28.9. The number of unbranched alkanes of at least 4 members (excludes halogenated alkanes) is 2. The summed E-state index contributed by atoms with van der Waals surface area (Å²) >= 11 is 13.5. The lowest BCUT2D eigenvalue weighted by atomic mass is 9.95. The van der Waals surface area contributed by atoms with E-state index >= 15 is 0 Å². The van der Waals surface area contributed by atoms with E-state index in [1.165, 1.54) is 16.2 Å². The molecule has 1 amide bonds. The number of anilines is 1. The molecule has 10 heteroatoms. The highest BCUT2D eigenvalue weighted by atomic mass is 35.5. The van der Waals surface area contributed by atoms with Crippen LogP contribution in [-0.4, -0.2) is 35.0 Å². The Morgan fingerprint density at radius 3 is 2.44 bits per heavy atom. The minimum absolute atomic E-state index is 0.0614. The maximum Gasteiger partial charge on any atom is 0.301 e. The number of carbonyl (C=O) groups is 2. The van der Waals surface area contributed by atoms with Crippen molar-refractivity contribution in [3.05, 3.63) is 87.4 Å². The van der Waals surface area contributed by atoms with E-state index in [9.17, 15) is 14.7 Å². The maximum atomic E-state index is 13.6. The van der Waals surface area contributed by atoms with Crippen molar-refractivity contribution in [1.82, 2.24) is 4.98 Å². The molecule has 4 aromatic rings. The maximum absolute atomic E-state index is 13.6. The van der Waals surface area contributed by atoms with E-state index in [4.69, 9.17) is 32.7 Å². The van der Waals surface area contributed by atoms with Crippen LogP contribution in [0.5, 0.6) is 11.5 Å². The van der Waals surface area contributed by atoms with Crippen LogP contribution >= 0.6 is 34.5 Å². The SMILES string of the molecule is CCCCCOc1ccc(C2/C(=C(\O)c3ccc(Cl)cc3)C(=O)C(=O)N2c2nc3ccc(Cl)cc3s2)cc1OCC. The lowest BCUT2D eigenvalue weighted by Gasteiger charge is -2.24. The second-order valence-electron chi connectivity index (χ2n) is 9.48. The number of ether oxygens (including phenoxy) is 2. The van der Waals surface area contributed by atoms with Crippen LogP contribution in [0.1, 0.15) is 50.3 Å². The highest BCUT2D eigenvalue weighted by Gasteiger charge is 2.48. The van der Waals surface area contributed by atoms with E-state index in [-0.39, 0.29) is 11.3 Å². The van der Waals surface area contributed by atoms with Gasteiger partial charge in [-0.05, 0) is 73.5 Å². The van der Waals surface area contributed by atoms with Gasteiger partial charge in [-0.25, -0.2) is 4.98 Å². The zero-order valence-electron chi connectivity index (χ0n) is 22.5. The van der Waals surface area contributed by atoms with Crippen LogP contribution in [0.2, 0.25) is 10.0 Å². The normalized spacial score (nSPS) is 16.5. The topological polar surface area (TPSA) is 89.0 Å². The average Bonchev–Trinajstić information content (AvgIpc) is 3.49. The summed E-state index contributed by atoms with van der Waals surface area (Å²) in [6.07, 6.45) is 3.03. The summed E-state index contributed by atoms with van der Waals surface area (Å²) in [6, 6.07) is 16.0. The number of amides is 1. The molecule has 1 aromatic heterocycles. The molecule has 1 aliphatic rings. The van der Waals surface area contributed by atoms with Gasteiger partial charge in [0, 0.05) is 15.6 Å². The molecule has 0 aliphatic carbocycles. The van der Waals surface area contributed by atoms with Crippen LogP contribution in [0.15, 0.2) is 66.2 Å². The standard InChI is InChI=1S/C31H28Cl2N2O5S/c1-3-5-6-15-40-23-14-9-19(16-24(23)39-4-2)27-26(28(36)18-7-10-20(32)11-8-18)29(37)30(38)35(27)31-34-22-13-12-21(33)17-25(22)41-31/h7-14,16-17,27,36H,3-6,15H2,1-2H3/b28-26+. The van der Waals surface area contributed by atoms with Gasteiger partial charge in [0.25, 0.3) is 5.78 Å². The van der Waals surface area contributed by atoms with Crippen molar-refractivity contribution >= 4 is 67.3 Å². The van der Waals surface area contributed by atoms with Gasteiger partial charge in [0.05, 0.1) is 35.0 Å². The number of carbonyl (C=O) groups excluding carboxylic acids is 2. The van der Waals surface area contributed by atoms with Crippen LogP contribution in [0.25, 0.3) is 16.0 Å². The third-order valence-corrected chi connectivity index (χ3v) is 8.20. The summed E-state index contributed by atoms with van der Waals surface area (Å²) in [7, 11) is 0. The molecule has 1 fully saturated rings. The van der Waals surface area contributed by atoms with E-state index in [2.05, 4.69) is 11.9 Å². The molecule has 41 heavy (non-hydrogen) atoms. The average molecular weight is 612 g/mol. The molecular formula is C31H28Cl2N2O5S. The Bertz CT molecular complexity index is 1630. The number of thiazole rings is 1. The molecule has 1 aliphatic heterocycles. The first-order valence-corrected chi connectivity index (χ1v) is 14.9. The predicted molar refractivity (Wildman–Crippen MR) is 163 cm³/mol. The zero-order valence-corrected chi connectivity index (χ0v) is 24.9. The van der Waals surface area contributed by atoms with Crippen LogP contribution in [0, 0.1) is 0 Å².